The van der Waals surface area contributed by atoms with Crippen LogP contribution >= 0.6 is 0 Å². The Balaban J connectivity index is 1.68. The van der Waals surface area contributed by atoms with Crippen LogP contribution in [-0.4, -0.2) is 29.7 Å². The molecule has 1 saturated carbocycles. The molecule has 0 aliphatic heterocycles. The number of carbonyl (C=O) groups excluding carboxylic acids is 1. The molecular formula is C14H22N2O3. The van der Waals surface area contributed by atoms with Crippen molar-refractivity contribution in [3.8, 4) is 0 Å². The van der Waals surface area contributed by atoms with Crippen molar-refractivity contribution in [3.05, 3.63) is 12.2 Å². The molecule has 3 N–H and O–H groups in total. The van der Waals surface area contributed by atoms with Crippen molar-refractivity contribution in [1.29, 1.82) is 0 Å². The molecular weight excluding hydrogens is 244 g/mol. The van der Waals surface area contributed by atoms with Crippen LogP contribution in [0.5, 0.6) is 0 Å². The summed E-state index contributed by atoms with van der Waals surface area (Å²) in [5.41, 5.74) is 0. The average molecular weight is 266 g/mol. The van der Waals surface area contributed by atoms with Gasteiger partial charge in [0.25, 0.3) is 0 Å². The Hall–Kier alpha value is -1.52. The van der Waals surface area contributed by atoms with Gasteiger partial charge < -0.3 is 15.7 Å². The number of hydrogen-bond acceptors (Lipinski definition) is 2. The zero-order valence-corrected chi connectivity index (χ0v) is 11.3. The molecule has 5 heteroatoms. The summed E-state index contributed by atoms with van der Waals surface area (Å²) in [5.74, 6) is -0.0411. The molecule has 0 aromatic rings. The molecule has 0 bridgehead atoms. The lowest BCUT2D eigenvalue weighted by molar-refractivity contribution is -0.140. The van der Waals surface area contributed by atoms with Gasteiger partial charge in [-0.15, -0.1) is 0 Å². The van der Waals surface area contributed by atoms with Crippen LogP contribution in [0.4, 0.5) is 4.79 Å². The van der Waals surface area contributed by atoms with E-state index in [0.29, 0.717) is 24.8 Å². The third-order valence-electron chi connectivity index (χ3n) is 4.28. The highest BCUT2D eigenvalue weighted by Gasteiger charge is 2.26. The lowest BCUT2D eigenvalue weighted by atomic mass is 9.98. The predicted octanol–water partition coefficient (Wildman–Crippen LogP) is 1.75. The summed E-state index contributed by atoms with van der Waals surface area (Å²) in [5, 5.41) is 14.6. The number of aliphatic carboxylic acids is 1. The van der Waals surface area contributed by atoms with E-state index in [9.17, 15) is 9.59 Å². The maximum absolute atomic E-state index is 11.7. The van der Waals surface area contributed by atoms with Crippen LogP contribution in [-0.2, 0) is 4.79 Å². The standard InChI is InChI=1S/C14H22N2O3/c1-9-3-2-4-11(9)8-15-14(19)16-12-6-5-10(7-12)13(17)18/h5-6,9-12H,2-4,7-8H2,1H3,(H,17,18)(H2,15,16,19). The number of carbonyl (C=O) groups is 2. The van der Waals surface area contributed by atoms with Gasteiger partial charge in [0.1, 0.15) is 0 Å². The first-order valence-corrected chi connectivity index (χ1v) is 7.01. The topological polar surface area (TPSA) is 78.4 Å². The average Bonchev–Trinajstić information content (AvgIpc) is 2.96. The Bertz CT molecular complexity index is 381. The lowest BCUT2D eigenvalue weighted by Gasteiger charge is -2.18. The van der Waals surface area contributed by atoms with E-state index in [-0.39, 0.29) is 12.1 Å². The van der Waals surface area contributed by atoms with Gasteiger partial charge >= 0.3 is 12.0 Å². The number of hydrogen-bond donors (Lipinski definition) is 3. The van der Waals surface area contributed by atoms with E-state index in [1.807, 2.05) is 0 Å². The molecule has 0 heterocycles. The SMILES string of the molecule is CC1CCCC1CNC(=O)NC1C=CC(C(=O)O)C1. The molecule has 2 aliphatic carbocycles. The summed E-state index contributed by atoms with van der Waals surface area (Å²) < 4.78 is 0. The Morgan fingerprint density at radius 1 is 1.32 bits per heavy atom. The van der Waals surface area contributed by atoms with E-state index in [4.69, 9.17) is 5.11 Å². The smallest absolute Gasteiger partial charge is 0.315 e. The minimum atomic E-state index is -0.833. The molecule has 4 atom stereocenters. The van der Waals surface area contributed by atoms with Gasteiger partial charge in [-0.1, -0.05) is 31.9 Å². The van der Waals surface area contributed by atoms with Crippen LogP contribution in [0.2, 0.25) is 0 Å². The summed E-state index contributed by atoms with van der Waals surface area (Å²) in [6, 6.07) is -0.359. The molecule has 0 radical (unpaired) electrons. The first-order valence-electron chi connectivity index (χ1n) is 7.01. The molecule has 2 rings (SSSR count). The molecule has 1 fully saturated rings. The van der Waals surface area contributed by atoms with Crippen molar-refractivity contribution in [1.82, 2.24) is 10.6 Å². The van der Waals surface area contributed by atoms with Crippen molar-refractivity contribution in [2.24, 2.45) is 17.8 Å². The lowest BCUT2D eigenvalue weighted by Crippen LogP contribution is -2.43. The fraction of sp³-hybridized carbons (Fsp3) is 0.714. The third kappa shape index (κ3) is 3.72. The van der Waals surface area contributed by atoms with Crippen LogP contribution in [0.15, 0.2) is 12.2 Å². The Morgan fingerprint density at radius 3 is 2.68 bits per heavy atom. The van der Waals surface area contributed by atoms with Crippen molar-refractivity contribution < 1.29 is 14.7 Å². The van der Waals surface area contributed by atoms with Crippen molar-refractivity contribution in [2.45, 2.75) is 38.6 Å². The van der Waals surface area contributed by atoms with Crippen molar-refractivity contribution >= 4 is 12.0 Å². The second-order valence-electron chi connectivity index (χ2n) is 5.69. The highest BCUT2D eigenvalue weighted by molar-refractivity contribution is 5.76. The van der Waals surface area contributed by atoms with Gasteiger partial charge in [0.05, 0.1) is 12.0 Å². The Kier molecular flexibility index (Phi) is 4.45. The third-order valence-corrected chi connectivity index (χ3v) is 4.28. The molecule has 0 spiro atoms. The van der Waals surface area contributed by atoms with Gasteiger partial charge in [0.15, 0.2) is 0 Å². The quantitative estimate of drug-likeness (QED) is 0.678. The second-order valence-corrected chi connectivity index (χ2v) is 5.69. The number of rotatable bonds is 4. The van der Waals surface area contributed by atoms with Crippen LogP contribution in [0.3, 0.4) is 0 Å². The highest BCUT2D eigenvalue weighted by atomic mass is 16.4. The van der Waals surface area contributed by atoms with Gasteiger partial charge in [-0.3, -0.25) is 4.79 Å². The van der Waals surface area contributed by atoms with Crippen LogP contribution in [0.25, 0.3) is 0 Å². The fourth-order valence-electron chi connectivity index (χ4n) is 2.96. The second kappa shape index (κ2) is 6.08. The van der Waals surface area contributed by atoms with Crippen molar-refractivity contribution in [2.75, 3.05) is 6.54 Å². The molecule has 2 amide bonds. The van der Waals surface area contributed by atoms with Gasteiger partial charge in [-0.25, -0.2) is 4.79 Å². The largest absolute Gasteiger partial charge is 0.481 e. The summed E-state index contributed by atoms with van der Waals surface area (Å²) >= 11 is 0. The number of urea groups is 1. The Morgan fingerprint density at radius 2 is 2.11 bits per heavy atom. The van der Waals surface area contributed by atoms with Crippen LogP contribution in [0, 0.1) is 17.8 Å². The van der Waals surface area contributed by atoms with Crippen LogP contribution in [0.1, 0.15) is 32.6 Å². The first kappa shape index (κ1) is 13.9. The predicted molar refractivity (Wildman–Crippen MR) is 71.7 cm³/mol. The molecule has 4 unspecified atom stereocenters. The molecule has 0 aromatic heterocycles. The summed E-state index contributed by atoms with van der Waals surface area (Å²) in [7, 11) is 0. The molecule has 106 valence electrons. The monoisotopic (exact) mass is 266 g/mol. The first-order chi connectivity index (χ1) is 9.06. The molecule has 0 saturated heterocycles. The number of carboxylic acids is 1. The molecule has 0 aromatic carbocycles. The maximum Gasteiger partial charge on any atom is 0.315 e. The maximum atomic E-state index is 11.7. The highest BCUT2D eigenvalue weighted by Crippen LogP contribution is 2.30. The normalized spacial score (nSPS) is 33.3. The zero-order chi connectivity index (χ0) is 13.8. The van der Waals surface area contributed by atoms with E-state index >= 15 is 0 Å². The molecule has 5 nitrogen and oxygen atoms in total. The molecule has 2 aliphatic rings. The minimum absolute atomic E-state index is 0.165. The van der Waals surface area contributed by atoms with Gasteiger partial charge in [-0.05, 0) is 24.7 Å². The van der Waals surface area contributed by atoms with E-state index in [1.165, 1.54) is 19.3 Å². The summed E-state index contributed by atoms with van der Waals surface area (Å²) in [6.45, 7) is 2.94. The van der Waals surface area contributed by atoms with Gasteiger partial charge in [-0.2, -0.15) is 0 Å². The van der Waals surface area contributed by atoms with E-state index in [2.05, 4.69) is 17.6 Å². The molecule has 19 heavy (non-hydrogen) atoms. The van der Waals surface area contributed by atoms with Gasteiger partial charge in [0.2, 0.25) is 0 Å². The fourth-order valence-corrected chi connectivity index (χ4v) is 2.96. The van der Waals surface area contributed by atoms with E-state index in [0.717, 1.165) is 0 Å². The van der Waals surface area contributed by atoms with Gasteiger partial charge in [0, 0.05) is 6.54 Å². The Labute approximate surface area is 113 Å². The van der Waals surface area contributed by atoms with E-state index in [1.54, 1.807) is 12.2 Å². The zero-order valence-electron chi connectivity index (χ0n) is 11.3. The van der Waals surface area contributed by atoms with E-state index < -0.39 is 11.9 Å². The number of amides is 2. The minimum Gasteiger partial charge on any atom is -0.481 e. The summed E-state index contributed by atoms with van der Waals surface area (Å²) in [6.07, 6.45) is 7.54. The number of carboxylic acid groups (broad SMARTS) is 1. The van der Waals surface area contributed by atoms with Crippen molar-refractivity contribution in [3.63, 3.8) is 0 Å². The summed E-state index contributed by atoms with van der Waals surface area (Å²) in [4.78, 5) is 22.5. The number of nitrogens with one attached hydrogen (secondary N) is 2. The van der Waals surface area contributed by atoms with Crippen LogP contribution < -0.4 is 10.6 Å².